The fourth-order valence-electron chi connectivity index (χ4n) is 3.91. The Kier molecular flexibility index (Phi) is 10.4. The molecule has 12 heteroatoms. The third kappa shape index (κ3) is 7.20. The molecule has 0 aliphatic rings. The predicted octanol–water partition coefficient (Wildman–Crippen LogP) is 4.08. The highest BCUT2D eigenvalue weighted by atomic mass is 32.2. The van der Waals surface area contributed by atoms with Gasteiger partial charge in [-0.05, 0) is 49.7 Å². The topological polar surface area (TPSA) is 132 Å². The summed E-state index contributed by atoms with van der Waals surface area (Å²) < 4.78 is 50.4. The third-order valence-corrected chi connectivity index (χ3v) is 8.08. The first-order valence-corrected chi connectivity index (χ1v) is 14.2. The second-order valence-electron chi connectivity index (χ2n) is 8.94. The average Bonchev–Trinajstić information content (AvgIpc) is 2.99. The first-order chi connectivity index (χ1) is 19.6. The number of nitrogens with one attached hydrogen (secondary N) is 2. The fourth-order valence-corrected chi connectivity index (χ4v) is 5.35. The Bertz CT molecular complexity index is 1490. The van der Waals surface area contributed by atoms with Crippen LogP contribution in [-0.2, 0) is 14.8 Å². The van der Waals surface area contributed by atoms with Crippen LogP contribution in [-0.4, -0.2) is 61.3 Å². The summed E-state index contributed by atoms with van der Waals surface area (Å²) in [6.45, 7) is 3.16. The number of methoxy groups -OCH3 is 4. The van der Waals surface area contributed by atoms with Gasteiger partial charge >= 0.3 is 0 Å². The zero-order chi connectivity index (χ0) is 30.2. The molecule has 3 aromatic rings. The van der Waals surface area contributed by atoms with Crippen LogP contribution in [0.25, 0.3) is 0 Å². The number of benzene rings is 3. The number of carbonyl (C=O) groups excluding carboxylic acids is 2. The van der Waals surface area contributed by atoms with Gasteiger partial charge < -0.3 is 29.6 Å². The lowest BCUT2D eigenvalue weighted by molar-refractivity contribution is -0.114. The van der Waals surface area contributed by atoms with Crippen LogP contribution >= 0.6 is 0 Å². The van der Waals surface area contributed by atoms with Crippen molar-refractivity contribution in [1.29, 1.82) is 0 Å². The number of sulfonamides is 1. The van der Waals surface area contributed by atoms with Crippen LogP contribution < -0.4 is 33.9 Å². The molecule has 0 bridgehead atoms. The lowest BCUT2D eigenvalue weighted by Crippen LogP contribution is -2.39. The van der Waals surface area contributed by atoms with Gasteiger partial charge in [-0.1, -0.05) is 19.1 Å². The molecule has 3 rings (SSSR count). The Morgan fingerprint density at radius 2 is 1.51 bits per heavy atom. The highest BCUT2D eigenvalue weighted by molar-refractivity contribution is 7.92. The van der Waals surface area contributed by atoms with Crippen LogP contribution in [0.5, 0.6) is 23.0 Å². The first kappa shape index (κ1) is 31.1. The van der Waals surface area contributed by atoms with E-state index < -0.39 is 22.5 Å². The number of rotatable bonds is 13. The summed E-state index contributed by atoms with van der Waals surface area (Å²) in [6.07, 6.45) is 0.728. The van der Waals surface area contributed by atoms with Gasteiger partial charge in [-0.2, -0.15) is 0 Å². The van der Waals surface area contributed by atoms with E-state index in [-0.39, 0.29) is 45.3 Å². The number of para-hydroxylation sites is 1. The molecule has 0 aliphatic carbocycles. The Morgan fingerprint density at radius 1 is 0.854 bits per heavy atom. The van der Waals surface area contributed by atoms with Crippen molar-refractivity contribution in [3.05, 3.63) is 66.2 Å². The van der Waals surface area contributed by atoms with Crippen LogP contribution in [0, 0.1) is 0 Å². The van der Waals surface area contributed by atoms with E-state index in [4.69, 9.17) is 18.9 Å². The lowest BCUT2D eigenvalue weighted by atomic mass is 10.1. The fraction of sp³-hybridized carbons (Fsp3) is 0.310. The van der Waals surface area contributed by atoms with Gasteiger partial charge in [0, 0.05) is 18.2 Å². The zero-order valence-electron chi connectivity index (χ0n) is 23.9. The van der Waals surface area contributed by atoms with Crippen molar-refractivity contribution < 1.29 is 37.0 Å². The number of ether oxygens (including phenoxy) is 4. The van der Waals surface area contributed by atoms with Gasteiger partial charge in [0.15, 0.2) is 11.5 Å². The first-order valence-electron chi connectivity index (χ1n) is 12.8. The maximum atomic E-state index is 14.1. The number of carbonyl (C=O) groups is 2. The van der Waals surface area contributed by atoms with Crippen molar-refractivity contribution in [1.82, 2.24) is 5.32 Å². The monoisotopic (exact) mass is 585 g/mol. The van der Waals surface area contributed by atoms with E-state index in [0.717, 1.165) is 10.7 Å². The van der Waals surface area contributed by atoms with Gasteiger partial charge in [0.1, 0.15) is 18.0 Å². The normalized spacial score (nSPS) is 11.7. The molecule has 1 atom stereocenters. The van der Waals surface area contributed by atoms with Crippen molar-refractivity contribution in [2.75, 3.05) is 44.6 Å². The van der Waals surface area contributed by atoms with Crippen molar-refractivity contribution >= 4 is 33.2 Å². The smallest absolute Gasteiger partial charge is 0.265 e. The molecule has 0 unspecified atom stereocenters. The van der Waals surface area contributed by atoms with Crippen LogP contribution in [0.15, 0.2) is 65.6 Å². The molecule has 220 valence electrons. The predicted molar refractivity (Wildman–Crippen MR) is 156 cm³/mol. The SMILES string of the molecule is CC[C@@H](C)NC(=O)c1ccccc1NC(=O)CN(c1cc(OC)ccc1OC)S(=O)(=O)c1ccc(OC)c(OC)c1. The van der Waals surface area contributed by atoms with E-state index in [1.165, 1.54) is 58.8 Å². The standard InChI is InChI=1S/C29H35N3O8S/c1-7-19(2)30-29(34)22-10-8-9-11-23(22)31-28(33)18-32(24-16-20(37-3)12-14-25(24)38-4)41(35,36)21-13-15-26(39-5)27(17-21)40-6/h8-17,19H,7,18H2,1-6H3,(H,30,34)(H,31,33)/t19-/m1/s1. The molecule has 0 heterocycles. The maximum Gasteiger partial charge on any atom is 0.265 e. The summed E-state index contributed by atoms with van der Waals surface area (Å²) in [5, 5.41) is 5.56. The Balaban J connectivity index is 2.06. The summed E-state index contributed by atoms with van der Waals surface area (Å²) >= 11 is 0. The van der Waals surface area contributed by atoms with Gasteiger partial charge in [0.05, 0.1) is 50.3 Å². The highest BCUT2D eigenvalue weighted by Crippen LogP contribution is 2.37. The largest absolute Gasteiger partial charge is 0.497 e. The number of hydrogen-bond donors (Lipinski definition) is 2. The lowest BCUT2D eigenvalue weighted by Gasteiger charge is -2.26. The number of anilines is 2. The van der Waals surface area contributed by atoms with E-state index in [0.29, 0.717) is 11.5 Å². The molecular formula is C29H35N3O8S. The second kappa shape index (κ2) is 13.8. The second-order valence-corrected chi connectivity index (χ2v) is 10.8. The van der Waals surface area contributed by atoms with Crippen molar-refractivity contribution in [2.45, 2.75) is 31.2 Å². The Labute approximate surface area is 240 Å². The summed E-state index contributed by atoms with van der Waals surface area (Å²) in [7, 11) is 1.27. The molecule has 41 heavy (non-hydrogen) atoms. The quantitative estimate of drug-likeness (QED) is 0.307. The molecule has 11 nitrogen and oxygen atoms in total. The van der Waals surface area contributed by atoms with Gasteiger partial charge in [-0.3, -0.25) is 13.9 Å². The molecule has 2 N–H and O–H groups in total. The van der Waals surface area contributed by atoms with Crippen molar-refractivity contribution in [3.8, 4) is 23.0 Å². The van der Waals surface area contributed by atoms with E-state index in [1.54, 1.807) is 30.3 Å². The molecule has 0 spiro atoms. The molecule has 0 radical (unpaired) electrons. The number of hydrogen-bond acceptors (Lipinski definition) is 8. The summed E-state index contributed by atoms with van der Waals surface area (Å²) in [5.74, 6) is 0.0119. The number of nitrogens with zero attached hydrogens (tertiary/aromatic N) is 1. The van der Waals surface area contributed by atoms with Gasteiger partial charge in [-0.25, -0.2) is 8.42 Å². The summed E-state index contributed by atoms with van der Waals surface area (Å²) in [4.78, 5) is 26.1. The third-order valence-electron chi connectivity index (χ3n) is 6.32. The van der Waals surface area contributed by atoms with Crippen LogP contribution in [0.2, 0.25) is 0 Å². The van der Waals surface area contributed by atoms with E-state index >= 15 is 0 Å². The highest BCUT2D eigenvalue weighted by Gasteiger charge is 2.31. The van der Waals surface area contributed by atoms with Crippen molar-refractivity contribution in [2.24, 2.45) is 0 Å². The van der Waals surface area contributed by atoms with Gasteiger partial charge in [0.25, 0.3) is 15.9 Å². The minimum absolute atomic E-state index is 0.0691. The van der Waals surface area contributed by atoms with Gasteiger partial charge in [-0.15, -0.1) is 0 Å². The average molecular weight is 586 g/mol. The van der Waals surface area contributed by atoms with Crippen LogP contribution in [0.3, 0.4) is 0 Å². The van der Waals surface area contributed by atoms with E-state index in [1.807, 2.05) is 13.8 Å². The minimum Gasteiger partial charge on any atom is -0.497 e. The summed E-state index contributed by atoms with van der Waals surface area (Å²) in [5.41, 5.74) is 0.549. The molecule has 0 aliphatic heterocycles. The van der Waals surface area contributed by atoms with Crippen molar-refractivity contribution in [3.63, 3.8) is 0 Å². The zero-order valence-corrected chi connectivity index (χ0v) is 24.7. The maximum absolute atomic E-state index is 14.1. The van der Waals surface area contributed by atoms with E-state index in [9.17, 15) is 18.0 Å². The summed E-state index contributed by atoms with van der Waals surface area (Å²) in [6, 6.07) is 15.1. The minimum atomic E-state index is -4.38. The Morgan fingerprint density at radius 3 is 2.15 bits per heavy atom. The van der Waals surface area contributed by atoms with E-state index in [2.05, 4.69) is 10.6 Å². The molecule has 0 fully saturated rings. The molecule has 0 aromatic heterocycles. The van der Waals surface area contributed by atoms with Crippen LogP contribution in [0.4, 0.5) is 11.4 Å². The molecule has 0 saturated heterocycles. The number of amides is 2. The van der Waals surface area contributed by atoms with Crippen LogP contribution in [0.1, 0.15) is 30.6 Å². The van der Waals surface area contributed by atoms with Gasteiger partial charge in [0.2, 0.25) is 5.91 Å². The molecular weight excluding hydrogens is 550 g/mol. The Hall–Kier alpha value is -4.45. The molecule has 0 saturated carbocycles. The molecule has 3 aromatic carbocycles. The molecule has 2 amide bonds.